The molecule has 1 aromatic rings. The first-order valence-electron chi connectivity index (χ1n) is 5.62. The summed E-state index contributed by atoms with van der Waals surface area (Å²) in [6.45, 7) is 0.503. The Morgan fingerprint density at radius 2 is 2.06 bits per heavy atom. The van der Waals surface area contributed by atoms with E-state index in [0.717, 1.165) is 5.56 Å². The average Bonchev–Trinajstić information content (AvgIpc) is 2.39. The van der Waals surface area contributed by atoms with E-state index in [1.165, 1.54) is 0 Å². The second-order valence-electron chi connectivity index (χ2n) is 3.67. The fourth-order valence-corrected chi connectivity index (χ4v) is 1.51. The zero-order valence-corrected chi connectivity index (χ0v) is 10.7. The molecule has 1 aromatic carbocycles. The topological polar surface area (TPSA) is 47.6 Å². The van der Waals surface area contributed by atoms with Crippen LogP contribution in [0.2, 0.25) is 0 Å². The van der Waals surface area contributed by atoms with Crippen LogP contribution in [-0.2, 0) is 11.2 Å². The molecule has 0 radical (unpaired) electrons. The average molecular weight is 247 g/mol. The van der Waals surface area contributed by atoms with Gasteiger partial charge in [0.05, 0.1) is 20.6 Å². The minimum atomic E-state index is -0.0579. The van der Waals surface area contributed by atoms with Gasteiger partial charge in [0.25, 0.3) is 0 Å². The number of terminal acetylenes is 1. The molecular weight excluding hydrogens is 230 g/mol. The molecule has 4 heteroatoms. The first-order valence-corrected chi connectivity index (χ1v) is 5.62. The van der Waals surface area contributed by atoms with Crippen molar-refractivity contribution >= 4 is 5.91 Å². The van der Waals surface area contributed by atoms with Crippen LogP contribution in [0.1, 0.15) is 12.0 Å². The van der Waals surface area contributed by atoms with E-state index in [2.05, 4.69) is 11.2 Å². The van der Waals surface area contributed by atoms with Crippen molar-refractivity contribution in [3.63, 3.8) is 0 Å². The van der Waals surface area contributed by atoms with Gasteiger partial charge in [0, 0.05) is 13.0 Å². The number of nitrogens with one attached hydrogen (secondary N) is 1. The third-order valence-corrected chi connectivity index (χ3v) is 2.40. The number of benzene rings is 1. The highest BCUT2D eigenvalue weighted by Crippen LogP contribution is 2.27. The van der Waals surface area contributed by atoms with Crippen LogP contribution in [0.15, 0.2) is 18.2 Å². The molecule has 1 N–H and O–H groups in total. The molecule has 0 heterocycles. The molecule has 4 nitrogen and oxygen atoms in total. The van der Waals surface area contributed by atoms with Crippen LogP contribution >= 0.6 is 0 Å². The maximum Gasteiger partial charge on any atom is 0.224 e. The van der Waals surface area contributed by atoms with E-state index < -0.39 is 0 Å². The molecule has 0 aliphatic heterocycles. The molecule has 0 saturated heterocycles. The number of rotatable bonds is 6. The van der Waals surface area contributed by atoms with Crippen LogP contribution in [0.25, 0.3) is 0 Å². The van der Waals surface area contributed by atoms with Crippen molar-refractivity contribution < 1.29 is 14.3 Å². The fourth-order valence-electron chi connectivity index (χ4n) is 1.51. The van der Waals surface area contributed by atoms with E-state index in [4.69, 9.17) is 15.9 Å². The summed E-state index contributed by atoms with van der Waals surface area (Å²) in [4.78, 5) is 11.6. The van der Waals surface area contributed by atoms with Crippen LogP contribution in [-0.4, -0.2) is 26.7 Å². The molecule has 18 heavy (non-hydrogen) atoms. The van der Waals surface area contributed by atoms with Gasteiger partial charge >= 0.3 is 0 Å². The number of ether oxygens (including phenoxy) is 2. The highest BCUT2D eigenvalue weighted by molar-refractivity contribution is 5.78. The Morgan fingerprint density at radius 1 is 1.33 bits per heavy atom. The lowest BCUT2D eigenvalue weighted by molar-refractivity contribution is -0.120. The summed E-state index contributed by atoms with van der Waals surface area (Å²) in [5.74, 6) is 3.68. The van der Waals surface area contributed by atoms with Crippen LogP contribution in [0, 0.1) is 12.3 Å². The first kappa shape index (κ1) is 13.9. The normalized spacial score (nSPS) is 9.39. The minimum absolute atomic E-state index is 0.0579. The summed E-state index contributed by atoms with van der Waals surface area (Å²) in [5, 5.41) is 2.74. The van der Waals surface area contributed by atoms with Crippen molar-refractivity contribution in [1.82, 2.24) is 5.32 Å². The Kier molecular flexibility index (Phi) is 5.59. The predicted molar refractivity (Wildman–Crippen MR) is 69.7 cm³/mol. The van der Waals surface area contributed by atoms with Gasteiger partial charge in [0.15, 0.2) is 11.5 Å². The molecule has 0 atom stereocenters. The summed E-state index contributed by atoms with van der Waals surface area (Å²) in [5.41, 5.74) is 0.867. The quantitative estimate of drug-likeness (QED) is 0.610. The van der Waals surface area contributed by atoms with E-state index >= 15 is 0 Å². The van der Waals surface area contributed by atoms with Gasteiger partial charge in [-0.3, -0.25) is 4.79 Å². The van der Waals surface area contributed by atoms with Gasteiger partial charge < -0.3 is 14.8 Å². The maximum atomic E-state index is 11.6. The molecular formula is C14H17NO3. The highest BCUT2D eigenvalue weighted by atomic mass is 16.5. The van der Waals surface area contributed by atoms with Gasteiger partial charge in [-0.25, -0.2) is 0 Å². The van der Waals surface area contributed by atoms with Crippen LogP contribution in [0.4, 0.5) is 0 Å². The molecule has 96 valence electrons. The van der Waals surface area contributed by atoms with E-state index in [0.29, 0.717) is 30.9 Å². The highest BCUT2D eigenvalue weighted by Gasteiger charge is 2.07. The Balaban J connectivity index is 2.62. The summed E-state index contributed by atoms with van der Waals surface area (Å²) in [7, 11) is 3.14. The Hall–Kier alpha value is -2.15. The monoisotopic (exact) mass is 247 g/mol. The predicted octanol–water partition coefficient (Wildman–Crippen LogP) is 1.39. The van der Waals surface area contributed by atoms with Gasteiger partial charge in [0.2, 0.25) is 5.91 Å². The van der Waals surface area contributed by atoms with E-state index in [9.17, 15) is 4.79 Å². The van der Waals surface area contributed by atoms with Gasteiger partial charge in [-0.2, -0.15) is 0 Å². The second kappa shape index (κ2) is 7.23. The zero-order valence-electron chi connectivity index (χ0n) is 10.7. The van der Waals surface area contributed by atoms with Crippen molar-refractivity contribution in [2.75, 3.05) is 20.8 Å². The van der Waals surface area contributed by atoms with Gasteiger partial charge in [0.1, 0.15) is 0 Å². The fraction of sp³-hybridized carbons (Fsp3) is 0.357. The van der Waals surface area contributed by atoms with Gasteiger partial charge in [-0.1, -0.05) is 6.07 Å². The summed E-state index contributed by atoms with van der Waals surface area (Å²) < 4.78 is 10.3. The van der Waals surface area contributed by atoms with E-state index in [1.54, 1.807) is 26.4 Å². The molecule has 0 aromatic heterocycles. The molecule has 1 amide bonds. The first-order chi connectivity index (χ1) is 8.71. The third kappa shape index (κ3) is 4.02. The summed E-state index contributed by atoms with van der Waals surface area (Å²) in [6, 6.07) is 5.41. The molecule has 0 saturated carbocycles. The molecule has 0 aliphatic rings. The molecule has 0 aliphatic carbocycles. The molecule has 0 spiro atoms. The number of hydrogen-bond donors (Lipinski definition) is 1. The zero-order chi connectivity index (χ0) is 13.4. The number of methoxy groups -OCH3 is 2. The lowest BCUT2D eigenvalue weighted by Crippen LogP contribution is -2.25. The molecule has 0 bridgehead atoms. The van der Waals surface area contributed by atoms with Crippen LogP contribution in [0.3, 0.4) is 0 Å². The number of carbonyl (C=O) groups excluding carboxylic acids is 1. The largest absolute Gasteiger partial charge is 0.493 e. The number of amides is 1. The number of carbonyl (C=O) groups is 1. The van der Waals surface area contributed by atoms with Crippen LogP contribution < -0.4 is 14.8 Å². The van der Waals surface area contributed by atoms with Gasteiger partial charge in [-0.05, 0) is 17.7 Å². The smallest absolute Gasteiger partial charge is 0.224 e. The number of hydrogen-bond acceptors (Lipinski definition) is 3. The molecule has 0 fully saturated rings. The van der Waals surface area contributed by atoms with E-state index in [1.807, 2.05) is 6.07 Å². The Morgan fingerprint density at radius 3 is 2.67 bits per heavy atom. The lowest BCUT2D eigenvalue weighted by atomic mass is 10.1. The van der Waals surface area contributed by atoms with Crippen LogP contribution in [0.5, 0.6) is 11.5 Å². The summed E-state index contributed by atoms with van der Waals surface area (Å²) in [6.07, 6.45) is 5.94. The van der Waals surface area contributed by atoms with Gasteiger partial charge in [-0.15, -0.1) is 12.3 Å². The van der Waals surface area contributed by atoms with Crippen molar-refractivity contribution in [3.8, 4) is 23.8 Å². The third-order valence-electron chi connectivity index (χ3n) is 2.40. The van der Waals surface area contributed by atoms with E-state index in [-0.39, 0.29) is 5.91 Å². The van der Waals surface area contributed by atoms with Crippen molar-refractivity contribution in [1.29, 1.82) is 0 Å². The van der Waals surface area contributed by atoms with Crippen molar-refractivity contribution in [2.45, 2.75) is 12.8 Å². The SMILES string of the molecule is C#CCCNC(=O)Cc1ccc(OC)c(OC)c1. The molecule has 0 unspecified atom stereocenters. The minimum Gasteiger partial charge on any atom is -0.493 e. The Bertz CT molecular complexity index is 449. The summed E-state index contributed by atoms with van der Waals surface area (Å²) >= 11 is 0. The van der Waals surface area contributed by atoms with Crippen molar-refractivity contribution in [3.05, 3.63) is 23.8 Å². The maximum absolute atomic E-state index is 11.6. The standard InChI is InChI=1S/C14H17NO3/c1-4-5-8-15-14(16)10-11-6-7-12(17-2)13(9-11)18-3/h1,6-7,9H,5,8,10H2,2-3H3,(H,15,16). The lowest BCUT2D eigenvalue weighted by Gasteiger charge is -2.09. The second-order valence-corrected chi connectivity index (χ2v) is 3.67. The Labute approximate surface area is 107 Å². The van der Waals surface area contributed by atoms with Crippen molar-refractivity contribution in [2.24, 2.45) is 0 Å². The molecule has 1 rings (SSSR count).